The first-order chi connectivity index (χ1) is 19.8. The first kappa shape index (κ1) is 25.3. The fraction of sp³-hybridized carbons (Fsp3) is 0.310. The highest BCUT2D eigenvalue weighted by atomic mass is 19.1. The van der Waals surface area contributed by atoms with Crippen LogP contribution in [0.3, 0.4) is 0 Å². The number of hydrogen-bond acceptors (Lipinski definition) is 8. The zero-order chi connectivity index (χ0) is 28.6. The van der Waals surface area contributed by atoms with Crippen molar-refractivity contribution >= 4 is 50.3 Å². The molecule has 0 spiro atoms. The maximum atomic E-state index is 14.9. The van der Waals surface area contributed by atoms with Crippen LogP contribution in [-0.4, -0.2) is 82.4 Å². The van der Waals surface area contributed by atoms with E-state index in [9.17, 15) is 19.1 Å². The summed E-state index contributed by atoms with van der Waals surface area (Å²) in [6, 6.07) is 4.93. The van der Waals surface area contributed by atoms with Gasteiger partial charge in [-0.3, -0.25) is 4.79 Å². The molecule has 5 aromatic rings. The van der Waals surface area contributed by atoms with Crippen LogP contribution >= 0.6 is 0 Å². The number of pyridine rings is 3. The van der Waals surface area contributed by atoms with Gasteiger partial charge in [-0.25, -0.2) is 23.8 Å². The quantitative estimate of drug-likeness (QED) is 0.258. The third kappa shape index (κ3) is 3.74. The number of carboxylic acid groups (broad SMARTS) is 1. The van der Waals surface area contributed by atoms with Crippen molar-refractivity contribution in [3.63, 3.8) is 0 Å². The molecule has 41 heavy (non-hydrogen) atoms. The van der Waals surface area contributed by atoms with Gasteiger partial charge in [0.2, 0.25) is 5.43 Å². The number of nitrogens with zero attached hydrogens (tertiary/aromatic N) is 5. The fourth-order valence-corrected chi connectivity index (χ4v) is 6.75. The third-order valence-corrected chi connectivity index (χ3v) is 8.58. The van der Waals surface area contributed by atoms with E-state index >= 15 is 0 Å². The van der Waals surface area contributed by atoms with Crippen molar-refractivity contribution < 1.29 is 14.3 Å². The number of likely N-dealkylation sites (tertiary alicyclic amines) is 1. The van der Waals surface area contributed by atoms with Crippen molar-refractivity contribution in [1.82, 2.24) is 24.5 Å². The molecule has 12 heteroatoms. The molecule has 7 rings (SSSR count). The van der Waals surface area contributed by atoms with Crippen molar-refractivity contribution in [2.75, 3.05) is 56.4 Å². The van der Waals surface area contributed by atoms with Crippen molar-refractivity contribution in [3.8, 4) is 11.1 Å². The number of hydrogen-bond donors (Lipinski definition) is 4. The molecule has 0 amide bonds. The maximum Gasteiger partial charge on any atom is 0.341 e. The Morgan fingerprint density at radius 3 is 2.73 bits per heavy atom. The van der Waals surface area contributed by atoms with E-state index in [0.29, 0.717) is 33.8 Å². The van der Waals surface area contributed by atoms with E-state index in [1.807, 2.05) is 0 Å². The van der Waals surface area contributed by atoms with Gasteiger partial charge in [-0.1, -0.05) is 0 Å². The summed E-state index contributed by atoms with van der Waals surface area (Å²) in [5, 5.41) is 14.4. The second-order valence-corrected chi connectivity index (χ2v) is 10.9. The number of H-pyrrole nitrogens is 1. The normalized spacial score (nSPS) is 19.0. The Morgan fingerprint density at radius 1 is 1.15 bits per heavy atom. The van der Waals surface area contributed by atoms with Crippen LogP contribution in [0, 0.1) is 11.7 Å². The van der Waals surface area contributed by atoms with Gasteiger partial charge in [0.1, 0.15) is 17.0 Å². The summed E-state index contributed by atoms with van der Waals surface area (Å²) in [4.78, 5) is 42.6. The van der Waals surface area contributed by atoms with Crippen LogP contribution in [0.25, 0.3) is 44.1 Å². The molecule has 1 aromatic carbocycles. The molecule has 2 saturated heterocycles. The smallest absolute Gasteiger partial charge is 0.341 e. The highest BCUT2D eigenvalue weighted by molar-refractivity contribution is 6.18. The number of aromatic amines is 1. The van der Waals surface area contributed by atoms with Crippen LogP contribution in [0.2, 0.25) is 0 Å². The van der Waals surface area contributed by atoms with Gasteiger partial charge < -0.3 is 30.6 Å². The number of carboxylic acids is 1. The Hall–Kier alpha value is -4.71. The molecule has 4 N–H and O–H groups in total. The monoisotopic (exact) mass is 556 g/mol. The lowest BCUT2D eigenvalue weighted by Crippen LogP contribution is -2.35. The third-order valence-electron chi connectivity index (χ3n) is 8.58. The number of aromatic nitrogens is 4. The summed E-state index contributed by atoms with van der Waals surface area (Å²) in [7, 11) is 5.50. The molecule has 0 aliphatic carbocycles. The van der Waals surface area contributed by atoms with Crippen LogP contribution in [0.4, 0.5) is 15.8 Å². The summed E-state index contributed by atoms with van der Waals surface area (Å²) in [5.74, 6) is -1.17. The van der Waals surface area contributed by atoms with Gasteiger partial charge in [-0.2, -0.15) is 0 Å². The van der Waals surface area contributed by atoms with E-state index in [4.69, 9.17) is 4.98 Å². The molecule has 2 aliphatic heterocycles. The number of nitrogens with one attached hydrogen (secondary N) is 3. The molecule has 6 heterocycles. The number of halogens is 1. The van der Waals surface area contributed by atoms with Gasteiger partial charge in [0.05, 0.1) is 27.7 Å². The lowest BCUT2D eigenvalue weighted by Gasteiger charge is -2.29. The van der Waals surface area contributed by atoms with Gasteiger partial charge in [0.25, 0.3) is 0 Å². The second kappa shape index (κ2) is 9.16. The number of fused-ring (bicyclic) bond motifs is 5. The van der Waals surface area contributed by atoms with E-state index in [0.717, 1.165) is 48.2 Å². The predicted molar refractivity (Wildman–Crippen MR) is 157 cm³/mol. The number of benzene rings is 1. The molecule has 2 aliphatic rings. The Balaban J connectivity index is 1.55. The summed E-state index contributed by atoms with van der Waals surface area (Å²) in [6.45, 7) is 2.74. The summed E-state index contributed by atoms with van der Waals surface area (Å²) >= 11 is 0. The summed E-state index contributed by atoms with van der Waals surface area (Å²) in [6.07, 6.45) is 5.70. The number of aromatic carboxylic acids is 1. The minimum Gasteiger partial charge on any atom is -0.477 e. The number of rotatable bonds is 5. The molecule has 210 valence electrons. The number of likely N-dealkylation sites (N-methyl/N-ethyl adjacent to an activating group) is 1. The van der Waals surface area contributed by atoms with Crippen molar-refractivity contribution in [3.05, 3.63) is 58.4 Å². The van der Waals surface area contributed by atoms with E-state index in [-0.39, 0.29) is 22.8 Å². The van der Waals surface area contributed by atoms with Crippen molar-refractivity contribution in [2.45, 2.75) is 12.5 Å². The topological polar surface area (TPSA) is 131 Å². The molecular formula is C29H29FN8O3. The minimum atomic E-state index is -1.32. The predicted octanol–water partition coefficient (Wildman–Crippen LogP) is 3.29. The van der Waals surface area contributed by atoms with E-state index < -0.39 is 11.4 Å². The average Bonchev–Trinajstić information content (AvgIpc) is 3.64. The lowest BCUT2D eigenvalue weighted by atomic mass is 10.00. The highest BCUT2D eigenvalue weighted by Crippen LogP contribution is 2.46. The molecule has 11 nitrogen and oxygen atoms in total. The Morgan fingerprint density at radius 2 is 1.98 bits per heavy atom. The summed E-state index contributed by atoms with van der Waals surface area (Å²) in [5.41, 5.74) is 6.51. The maximum absolute atomic E-state index is 14.9. The van der Waals surface area contributed by atoms with Crippen LogP contribution in [-0.2, 0) is 0 Å². The minimum absolute atomic E-state index is 0.171. The van der Waals surface area contributed by atoms with Crippen LogP contribution in [0.15, 0.2) is 41.6 Å². The van der Waals surface area contributed by atoms with Gasteiger partial charge in [0, 0.05) is 74.9 Å². The van der Waals surface area contributed by atoms with Crippen LogP contribution in [0.5, 0.6) is 0 Å². The molecule has 0 bridgehead atoms. The number of anilines is 2. The molecule has 2 fully saturated rings. The molecule has 0 radical (unpaired) electrons. The van der Waals surface area contributed by atoms with Crippen molar-refractivity contribution in [1.29, 1.82) is 0 Å². The number of carbonyl (C=O) groups is 1. The molecule has 4 aromatic heterocycles. The van der Waals surface area contributed by atoms with Crippen LogP contribution in [0.1, 0.15) is 16.8 Å². The standard InChI is InChI=1S/C29H29FN8O3/c1-31-21-8-16(30)7-17-23-25(37-5-4-14-11-36(3)13-22(14)37)19(10-33-27(23)35-24(17)21)15-6-18-26(39)20(29(40)41)12-38(32-2)28(18)34-9-15/h6-10,12,14,22,31-32H,4-5,11,13H2,1-3H3,(H,33,35)(H,40,41). The SMILES string of the molecule is CNc1cc(F)cc2c1[nH]c1ncc(-c3cnc4c(c3)c(=O)c(C(=O)O)cn4NC)c(N3CCC4CN(C)CC43)c12. The fourth-order valence-electron chi connectivity index (χ4n) is 6.75. The molecule has 2 unspecified atom stereocenters. The summed E-state index contributed by atoms with van der Waals surface area (Å²) < 4.78 is 16.3. The lowest BCUT2D eigenvalue weighted by molar-refractivity contribution is 0.0695. The Labute approximate surface area is 233 Å². The van der Waals surface area contributed by atoms with Crippen molar-refractivity contribution in [2.24, 2.45) is 5.92 Å². The largest absolute Gasteiger partial charge is 0.477 e. The van der Waals surface area contributed by atoms with Gasteiger partial charge in [0.15, 0.2) is 5.65 Å². The van der Waals surface area contributed by atoms with Gasteiger partial charge in [-0.05, 0) is 37.6 Å². The highest BCUT2D eigenvalue weighted by Gasteiger charge is 2.41. The zero-order valence-corrected chi connectivity index (χ0v) is 22.8. The Kier molecular flexibility index (Phi) is 5.65. The second-order valence-electron chi connectivity index (χ2n) is 10.9. The first-order valence-electron chi connectivity index (χ1n) is 13.5. The zero-order valence-electron chi connectivity index (χ0n) is 22.8. The average molecular weight is 557 g/mol. The molecule has 0 saturated carbocycles. The van der Waals surface area contributed by atoms with E-state index in [1.54, 1.807) is 32.6 Å². The van der Waals surface area contributed by atoms with Gasteiger partial charge >= 0.3 is 5.97 Å². The molecule has 2 atom stereocenters. The van der Waals surface area contributed by atoms with E-state index in [2.05, 4.69) is 37.6 Å². The Bertz CT molecular complexity index is 1950. The van der Waals surface area contributed by atoms with Crippen LogP contribution < -0.4 is 21.1 Å². The molecular weight excluding hydrogens is 527 g/mol. The van der Waals surface area contributed by atoms with Gasteiger partial charge in [-0.15, -0.1) is 0 Å². The first-order valence-corrected chi connectivity index (χ1v) is 13.5. The van der Waals surface area contributed by atoms with E-state index in [1.165, 1.54) is 23.0 Å².